The van der Waals surface area contributed by atoms with Crippen LogP contribution in [0, 0.1) is 0 Å². The Balaban J connectivity index is 1.36. The molecule has 1 saturated carbocycles. The smallest absolute Gasteiger partial charge is 0.239 e. The highest BCUT2D eigenvalue weighted by Crippen LogP contribution is 2.53. The number of benzene rings is 2. The summed E-state index contributed by atoms with van der Waals surface area (Å²) < 4.78 is 11.6. The molecule has 1 aromatic heterocycles. The van der Waals surface area contributed by atoms with E-state index in [0.717, 1.165) is 55.7 Å². The SMILES string of the molecule is O=C(N1c2ccccc2CC1c1nnc(C2CCOCC2)o1)C1(c2ccccc2)CC1. The maximum atomic E-state index is 14.0. The first kappa shape index (κ1) is 18.8. The lowest BCUT2D eigenvalue weighted by Crippen LogP contribution is -2.40. The first-order valence-electron chi connectivity index (χ1n) is 11.1. The molecule has 6 nitrogen and oxygen atoms in total. The molecule has 1 saturated heterocycles. The van der Waals surface area contributed by atoms with Gasteiger partial charge in [0, 0.05) is 31.2 Å². The lowest BCUT2D eigenvalue weighted by molar-refractivity contribution is -0.121. The normalized spacial score (nSPS) is 22.3. The molecule has 0 radical (unpaired) electrons. The largest absolute Gasteiger partial charge is 0.423 e. The van der Waals surface area contributed by atoms with Gasteiger partial charge < -0.3 is 9.15 Å². The van der Waals surface area contributed by atoms with E-state index >= 15 is 0 Å². The number of nitrogens with zero attached hydrogens (tertiary/aromatic N) is 3. The fourth-order valence-corrected chi connectivity index (χ4v) is 5.06. The molecule has 6 heteroatoms. The zero-order chi connectivity index (χ0) is 20.8. The molecule has 0 spiro atoms. The molecule has 2 fully saturated rings. The first-order valence-corrected chi connectivity index (χ1v) is 11.1. The summed E-state index contributed by atoms with van der Waals surface area (Å²) in [6.07, 6.45) is 4.23. The van der Waals surface area contributed by atoms with Crippen molar-refractivity contribution in [1.29, 1.82) is 0 Å². The fraction of sp³-hybridized carbons (Fsp3) is 0.400. The summed E-state index contributed by atoms with van der Waals surface area (Å²) in [7, 11) is 0. The number of ether oxygens (including phenoxy) is 1. The molecule has 3 aromatic rings. The topological polar surface area (TPSA) is 68.5 Å². The van der Waals surface area contributed by atoms with Gasteiger partial charge in [-0.3, -0.25) is 9.69 Å². The summed E-state index contributed by atoms with van der Waals surface area (Å²) in [6, 6.07) is 18.0. The van der Waals surface area contributed by atoms with Gasteiger partial charge in [-0.15, -0.1) is 10.2 Å². The lowest BCUT2D eigenvalue weighted by Gasteiger charge is -2.28. The summed E-state index contributed by atoms with van der Waals surface area (Å²) >= 11 is 0. The zero-order valence-corrected chi connectivity index (χ0v) is 17.4. The molecular formula is C25H25N3O3. The number of aromatic nitrogens is 2. The second kappa shape index (κ2) is 7.31. The van der Waals surface area contributed by atoms with Crippen molar-refractivity contribution in [3.8, 4) is 0 Å². The lowest BCUT2D eigenvalue weighted by atomic mass is 9.94. The molecule has 1 atom stereocenters. The second-order valence-corrected chi connectivity index (χ2v) is 8.84. The third-order valence-corrected chi connectivity index (χ3v) is 6.99. The average Bonchev–Trinajstić information content (AvgIpc) is 3.34. The quantitative estimate of drug-likeness (QED) is 0.635. The molecule has 3 aliphatic rings. The van der Waals surface area contributed by atoms with Crippen molar-refractivity contribution >= 4 is 11.6 Å². The Bertz CT molecular complexity index is 1100. The van der Waals surface area contributed by atoms with Crippen molar-refractivity contribution in [2.24, 2.45) is 0 Å². The molecule has 0 bridgehead atoms. The summed E-state index contributed by atoms with van der Waals surface area (Å²) in [5, 5.41) is 8.78. The summed E-state index contributed by atoms with van der Waals surface area (Å²) in [6.45, 7) is 1.45. The van der Waals surface area contributed by atoms with Crippen molar-refractivity contribution in [2.75, 3.05) is 18.1 Å². The number of rotatable bonds is 4. The third kappa shape index (κ3) is 3.08. The van der Waals surface area contributed by atoms with Crippen molar-refractivity contribution in [3.05, 3.63) is 77.5 Å². The van der Waals surface area contributed by atoms with Gasteiger partial charge in [-0.2, -0.15) is 0 Å². The Kier molecular flexibility index (Phi) is 4.42. The molecule has 1 amide bonds. The number of anilines is 1. The predicted molar refractivity (Wildman–Crippen MR) is 115 cm³/mol. The first-order chi connectivity index (χ1) is 15.3. The van der Waals surface area contributed by atoms with Crippen LogP contribution in [0.2, 0.25) is 0 Å². The Labute approximate surface area is 181 Å². The Morgan fingerprint density at radius 1 is 0.935 bits per heavy atom. The molecule has 0 N–H and O–H groups in total. The summed E-state index contributed by atoms with van der Waals surface area (Å²) in [5.74, 6) is 1.59. The Morgan fingerprint density at radius 2 is 1.65 bits per heavy atom. The van der Waals surface area contributed by atoms with E-state index in [1.165, 1.54) is 0 Å². The third-order valence-electron chi connectivity index (χ3n) is 6.99. The van der Waals surface area contributed by atoms with E-state index in [-0.39, 0.29) is 17.9 Å². The van der Waals surface area contributed by atoms with Gasteiger partial charge >= 0.3 is 0 Å². The van der Waals surface area contributed by atoms with Crippen LogP contribution in [0.1, 0.15) is 60.6 Å². The Morgan fingerprint density at radius 3 is 2.42 bits per heavy atom. The van der Waals surface area contributed by atoms with Gasteiger partial charge in [0.15, 0.2) is 0 Å². The zero-order valence-electron chi connectivity index (χ0n) is 17.4. The highest BCUT2D eigenvalue weighted by atomic mass is 16.5. The van der Waals surface area contributed by atoms with Gasteiger partial charge in [-0.1, -0.05) is 48.5 Å². The van der Waals surface area contributed by atoms with Crippen LogP contribution in [0.15, 0.2) is 59.0 Å². The van der Waals surface area contributed by atoms with Gasteiger partial charge in [0.2, 0.25) is 17.7 Å². The number of para-hydroxylation sites is 1. The fourth-order valence-electron chi connectivity index (χ4n) is 5.06. The number of hydrogen-bond acceptors (Lipinski definition) is 5. The molecule has 1 unspecified atom stereocenters. The maximum absolute atomic E-state index is 14.0. The summed E-state index contributed by atoms with van der Waals surface area (Å²) in [5.41, 5.74) is 2.76. The van der Waals surface area contributed by atoms with Crippen molar-refractivity contribution in [1.82, 2.24) is 10.2 Å². The van der Waals surface area contributed by atoms with Crippen LogP contribution < -0.4 is 4.90 Å². The minimum absolute atomic E-state index is 0.138. The molecule has 1 aliphatic carbocycles. The van der Waals surface area contributed by atoms with Crippen molar-refractivity contribution in [3.63, 3.8) is 0 Å². The standard InChI is InChI=1S/C25H25N3O3/c29-24(25(12-13-25)19-7-2-1-3-8-19)28-20-9-5-4-6-18(20)16-21(28)23-27-26-22(31-23)17-10-14-30-15-11-17/h1-9,17,21H,10-16H2. The minimum atomic E-state index is -0.444. The maximum Gasteiger partial charge on any atom is 0.239 e. The van der Waals surface area contributed by atoms with E-state index < -0.39 is 5.41 Å². The van der Waals surface area contributed by atoms with Crippen LogP contribution in [0.5, 0.6) is 0 Å². The van der Waals surface area contributed by atoms with Crippen LogP contribution in [-0.4, -0.2) is 29.3 Å². The van der Waals surface area contributed by atoms with Crippen LogP contribution >= 0.6 is 0 Å². The predicted octanol–water partition coefficient (Wildman–Crippen LogP) is 4.33. The second-order valence-electron chi connectivity index (χ2n) is 8.84. The number of carbonyl (C=O) groups excluding carboxylic acids is 1. The van der Waals surface area contributed by atoms with Crippen molar-refractivity contribution in [2.45, 2.75) is 49.5 Å². The van der Waals surface area contributed by atoms with Crippen LogP contribution in [0.25, 0.3) is 0 Å². The molecule has 31 heavy (non-hydrogen) atoms. The molecule has 2 aliphatic heterocycles. The monoisotopic (exact) mass is 415 g/mol. The van der Waals surface area contributed by atoms with E-state index in [4.69, 9.17) is 9.15 Å². The van der Waals surface area contributed by atoms with E-state index in [2.05, 4.69) is 28.4 Å². The van der Waals surface area contributed by atoms with Gasteiger partial charge in [-0.25, -0.2) is 0 Å². The van der Waals surface area contributed by atoms with Gasteiger partial charge in [0.1, 0.15) is 6.04 Å². The molecule has 3 heterocycles. The summed E-state index contributed by atoms with van der Waals surface area (Å²) in [4.78, 5) is 15.9. The van der Waals surface area contributed by atoms with Crippen LogP contribution in [0.4, 0.5) is 5.69 Å². The van der Waals surface area contributed by atoms with Crippen LogP contribution in [0.3, 0.4) is 0 Å². The van der Waals surface area contributed by atoms with Gasteiger partial charge in [0.25, 0.3) is 0 Å². The Hall–Kier alpha value is -2.99. The van der Waals surface area contributed by atoms with Crippen molar-refractivity contribution < 1.29 is 13.9 Å². The van der Waals surface area contributed by atoms with E-state index in [1.54, 1.807) is 0 Å². The van der Waals surface area contributed by atoms with E-state index in [1.807, 2.05) is 41.3 Å². The minimum Gasteiger partial charge on any atom is -0.423 e. The van der Waals surface area contributed by atoms with Crippen LogP contribution in [-0.2, 0) is 21.4 Å². The number of hydrogen-bond donors (Lipinski definition) is 0. The number of carbonyl (C=O) groups is 1. The highest BCUT2D eigenvalue weighted by Gasteiger charge is 2.56. The van der Waals surface area contributed by atoms with Gasteiger partial charge in [-0.05, 0) is 42.9 Å². The van der Waals surface area contributed by atoms with E-state index in [0.29, 0.717) is 18.2 Å². The molecule has 158 valence electrons. The average molecular weight is 415 g/mol. The molecule has 6 rings (SSSR count). The van der Waals surface area contributed by atoms with E-state index in [9.17, 15) is 4.79 Å². The number of fused-ring (bicyclic) bond motifs is 1. The highest BCUT2D eigenvalue weighted by molar-refractivity contribution is 6.05. The van der Waals surface area contributed by atoms with Gasteiger partial charge in [0.05, 0.1) is 5.41 Å². The number of amides is 1. The molecule has 2 aromatic carbocycles. The molecular weight excluding hydrogens is 390 g/mol.